The largest absolute Gasteiger partial charge is 0.508 e. The number of aliphatic hydroxyl groups is 3. The number of nitrogens with one attached hydrogen (secondary N) is 7. The van der Waals surface area contributed by atoms with E-state index in [2.05, 4.69) is 42.2 Å². The number of carbonyl (C=O) groups excluding carboxylic acids is 10. The second-order valence-electron chi connectivity index (χ2n) is 18.8. The number of aliphatic hydroxyl groups excluding tert-OH is 3. The Balaban J connectivity index is 1.87. The fourth-order valence-electron chi connectivity index (χ4n) is 8.07. The van der Waals surface area contributed by atoms with Gasteiger partial charge < -0.3 is 101 Å². The lowest BCUT2D eigenvalue weighted by atomic mass is 10.0. The lowest BCUT2D eigenvalue weighted by molar-refractivity contribution is -0.145. The highest BCUT2D eigenvalue weighted by atomic mass is 16.4. The highest BCUT2D eigenvalue weighted by Crippen LogP contribution is 2.22. The van der Waals surface area contributed by atoms with Gasteiger partial charge in [-0.15, -0.1) is 0 Å². The van der Waals surface area contributed by atoms with Gasteiger partial charge in [-0.1, -0.05) is 24.3 Å². The first-order chi connectivity index (χ1) is 37.7. The van der Waals surface area contributed by atoms with E-state index in [9.17, 15) is 83.4 Å². The molecule has 2 aromatic rings. The third-order valence-corrected chi connectivity index (χ3v) is 12.4. The number of phenols is 2. The number of carbonyl (C=O) groups is 11. The van der Waals surface area contributed by atoms with Crippen LogP contribution < -0.4 is 65.9 Å². The van der Waals surface area contributed by atoms with Crippen molar-refractivity contribution in [2.24, 2.45) is 33.7 Å². The van der Waals surface area contributed by atoms with E-state index in [1.54, 1.807) is 0 Å². The van der Waals surface area contributed by atoms with E-state index < -0.39 is 145 Å². The summed E-state index contributed by atoms with van der Waals surface area (Å²) in [7, 11) is 0. The number of nitrogens with zero attached hydrogens (tertiary/aromatic N) is 2. The molecule has 1 aliphatic rings. The summed E-state index contributed by atoms with van der Waals surface area (Å²) in [4.78, 5) is 150. The summed E-state index contributed by atoms with van der Waals surface area (Å²) in [6.45, 7) is -1.26. The molecule has 2 aromatic carbocycles. The van der Waals surface area contributed by atoms with Gasteiger partial charge in [0.1, 0.15) is 53.8 Å². The lowest BCUT2D eigenvalue weighted by Crippen LogP contribution is -2.61. The normalized spacial score (nSPS) is 16.3. The first kappa shape index (κ1) is 65.6. The fraction of sp³-hybridized carbons (Fsp3) is 0.510. The number of benzene rings is 2. The molecule has 0 bridgehead atoms. The summed E-state index contributed by atoms with van der Waals surface area (Å²) in [6.07, 6.45) is -3.33. The number of aromatic hydroxyl groups is 2. The Morgan fingerprint density at radius 3 is 1.51 bits per heavy atom. The van der Waals surface area contributed by atoms with E-state index in [1.807, 2.05) is 0 Å². The van der Waals surface area contributed by atoms with Crippen LogP contribution in [0, 0.1) is 0 Å². The van der Waals surface area contributed by atoms with Gasteiger partial charge in [0.25, 0.3) is 0 Å². The van der Waals surface area contributed by atoms with Gasteiger partial charge in [-0.25, -0.2) is 4.79 Å². The van der Waals surface area contributed by atoms with E-state index in [4.69, 9.17) is 28.7 Å². The van der Waals surface area contributed by atoms with Crippen molar-refractivity contribution in [3.63, 3.8) is 0 Å². The molecule has 1 heterocycles. The Hall–Kier alpha value is -8.68. The van der Waals surface area contributed by atoms with Gasteiger partial charge in [0, 0.05) is 38.8 Å². The number of carboxylic acid groups (broad SMARTS) is 1. The van der Waals surface area contributed by atoms with Gasteiger partial charge in [0.05, 0.1) is 25.4 Å². The number of hydrogen-bond acceptors (Lipinski definition) is 18. The SMILES string of the molecule is C[C@@H](O)[C@H](NC(=O)[C@H](Cc1ccc(O)cc1)NC(=O)[C@@H]1CCCN1C(=O)[C@H](Cc1ccc(O)cc1)NC(=O)[C@H](CO)NC(=O)[C@H](CO)NC(=O)[C@H](CCCN=C(N)N)NC(=O)[C@H](CCC(N)=O)NC(=O)[C@@H](N)CCC(N)=O)C(=O)O. The first-order valence-electron chi connectivity index (χ1n) is 25.2. The van der Waals surface area contributed by atoms with Crippen LogP contribution >= 0.6 is 0 Å². The van der Waals surface area contributed by atoms with E-state index in [0.29, 0.717) is 11.1 Å². The number of amides is 10. The highest BCUT2D eigenvalue weighted by molar-refractivity contribution is 5.98. The number of aliphatic carboxylic acids is 1. The lowest BCUT2D eigenvalue weighted by Gasteiger charge is -2.31. The third kappa shape index (κ3) is 21.6. The second kappa shape index (κ2) is 32.3. The van der Waals surface area contributed by atoms with Crippen molar-refractivity contribution in [1.82, 2.24) is 42.1 Å². The van der Waals surface area contributed by atoms with Crippen LogP contribution in [0.25, 0.3) is 0 Å². The Bertz CT molecular complexity index is 2530. The number of nitrogens with two attached hydrogens (primary N) is 5. The minimum Gasteiger partial charge on any atom is -0.508 e. The van der Waals surface area contributed by atoms with Crippen LogP contribution in [0.5, 0.6) is 11.5 Å². The quantitative estimate of drug-likeness (QED) is 0.0179. The average molecular weight is 1130 g/mol. The molecule has 0 aromatic heterocycles. The minimum absolute atomic E-state index is 0.0146. The molecule has 10 amide bonds. The van der Waals surface area contributed by atoms with Gasteiger partial charge in [0.2, 0.25) is 59.1 Å². The zero-order chi connectivity index (χ0) is 59.8. The second-order valence-corrected chi connectivity index (χ2v) is 18.8. The van der Waals surface area contributed by atoms with Crippen molar-refractivity contribution in [2.75, 3.05) is 26.3 Å². The van der Waals surface area contributed by atoms with Gasteiger partial charge in [-0.2, -0.15) is 0 Å². The summed E-state index contributed by atoms with van der Waals surface area (Å²) in [5.41, 5.74) is 27.9. The summed E-state index contributed by atoms with van der Waals surface area (Å²) < 4.78 is 0. The van der Waals surface area contributed by atoms with Crippen molar-refractivity contribution in [1.29, 1.82) is 0 Å². The van der Waals surface area contributed by atoms with Crippen LogP contribution in [0.4, 0.5) is 0 Å². The van der Waals surface area contributed by atoms with E-state index in [-0.39, 0.29) is 88.3 Å². The Morgan fingerprint density at radius 2 is 1.04 bits per heavy atom. The molecule has 3 rings (SSSR count). The van der Waals surface area contributed by atoms with Crippen molar-refractivity contribution in [3.8, 4) is 11.5 Å². The van der Waals surface area contributed by atoms with Crippen LogP contribution in [0.15, 0.2) is 53.5 Å². The summed E-state index contributed by atoms with van der Waals surface area (Å²) in [5.74, 6) is -12.0. The zero-order valence-corrected chi connectivity index (χ0v) is 43.7. The molecule has 1 fully saturated rings. The summed E-state index contributed by atoms with van der Waals surface area (Å²) in [6, 6.07) is -3.36. The maximum Gasteiger partial charge on any atom is 0.328 e. The number of likely N-dealkylation sites (tertiary alicyclic amines) is 1. The smallest absolute Gasteiger partial charge is 0.328 e. The Kier molecular flexibility index (Phi) is 26.5. The maximum absolute atomic E-state index is 14.6. The number of rotatable bonds is 33. The Morgan fingerprint density at radius 1 is 0.600 bits per heavy atom. The minimum atomic E-state index is -1.89. The number of carboxylic acids is 1. The Labute approximate surface area is 458 Å². The van der Waals surface area contributed by atoms with E-state index >= 15 is 0 Å². The van der Waals surface area contributed by atoms with Crippen LogP contribution in [0.1, 0.15) is 69.4 Å². The molecule has 1 aliphatic heterocycles. The van der Waals surface area contributed by atoms with Gasteiger partial charge in [-0.3, -0.25) is 52.9 Å². The van der Waals surface area contributed by atoms with E-state index in [1.165, 1.54) is 48.5 Å². The molecule has 0 saturated carbocycles. The van der Waals surface area contributed by atoms with Gasteiger partial charge in [0.15, 0.2) is 12.0 Å². The molecule has 31 nitrogen and oxygen atoms in total. The monoisotopic (exact) mass is 1130 g/mol. The molecule has 440 valence electrons. The molecule has 0 spiro atoms. The van der Waals surface area contributed by atoms with Crippen LogP contribution in [-0.4, -0.2) is 193 Å². The molecule has 1 saturated heterocycles. The number of primary amides is 2. The average Bonchev–Trinajstić information content (AvgIpc) is 3.90. The predicted molar refractivity (Wildman–Crippen MR) is 280 cm³/mol. The van der Waals surface area contributed by atoms with Crippen molar-refractivity contribution < 1.29 is 83.4 Å². The standard InChI is InChI=1S/C49H72N14O17/c1-24(66)39(48(79)80)62-43(74)32(20-25-6-10-27(67)11-7-25)58-46(77)36-5-3-19-63(36)47(78)33(21-26-8-12-28(68)13-9-26)59-44(75)34(22-64)61-45(76)35(23-65)60-41(72)30(4-2-18-55-49(53)54)57-42(73)31(15-17-38(52)70)56-40(71)29(50)14-16-37(51)69/h6-13,24,29-36,39,64-68H,2-5,14-23,50H2,1H3,(H2,51,69)(H2,52,70)(H,56,71)(H,57,73)(H,58,77)(H,59,75)(H,60,72)(H,61,76)(H,62,74)(H,79,80)(H4,53,54,55)/t24-,29+,30+,31+,32+,33+,34+,35+,36+,39+/m1/s1. The number of aliphatic imine (C=N–C) groups is 1. The highest BCUT2D eigenvalue weighted by Gasteiger charge is 2.41. The van der Waals surface area contributed by atoms with Crippen molar-refractivity contribution in [2.45, 2.75) is 132 Å². The van der Waals surface area contributed by atoms with Crippen LogP contribution in [-0.2, 0) is 65.6 Å². The molecule has 31 heteroatoms. The van der Waals surface area contributed by atoms with Crippen molar-refractivity contribution >= 4 is 71.0 Å². The zero-order valence-electron chi connectivity index (χ0n) is 43.7. The number of hydrogen-bond donors (Lipinski definition) is 18. The van der Waals surface area contributed by atoms with Gasteiger partial charge >= 0.3 is 5.97 Å². The molecule has 23 N–H and O–H groups in total. The summed E-state index contributed by atoms with van der Waals surface area (Å²) >= 11 is 0. The predicted octanol–water partition coefficient (Wildman–Crippen LogP) is -7.37. The first-order valence-corrected chi connectivity index (χ1v) is 25.2. The molecule has 0 aliphatic carbocycles. The van der Waals surface area contributed by atoms with Crippen molar-refractivity contribution in [3.05, 3.63) is 59.7 Å². The molecular weight excluding hydrogens is 1060 g/mol. The molecular formula is C49H72N14O17. The number of guanidine groups is 1. The fourth-order valence-corrected chi connectivity index (χ4v) is 8.07. The molecule has 80 heavy (non-hydrogen) atoms. The molecule has 0 radical (unpaired) electrons. The summed E-state index contributed by atoms with van der Waals surface area (Å²) in [5, 5.41) is 76.6. The van der Waals surface area contributed by atoms with Crippen LogP contribution in [0.2, 0.25) is 0 Å². The molecule has 10 atom stereocenters. The topological polar surface area (TPSA) is 539 Å². The van der Waals surface area contributed by atoms with Gasteiger partial charge in [-0.05, 0) is 80.8 Å². The molecule has 0 unspecified atom stereocenters. The maximum atomic E-state index is 14.6. The van der Waals surface area contributed by atoms with E-state index in [0.717, 1.165) is 11.8 Å². The third-order valence-electron chi connectivity index (χ3n) is 12.4. The van der Waals surface area contributed by atoms with Crippen LogP contribution in [0.3, 0.4) is 0 Å². The number of phenolic OH excluding ortho intramolecular Hbond substituents is 2.